The average molecular weight is 249 g/mol. The van der Waals surface area contributed by atoms with E-state index in [4.69, 9.17) is 5.73 Å². The summed E-state index contributed by atoms with van der Waals surface area (Å²) in [4.78, 5) is 16.9. The van der Waals surface area contributed by atoms with E-state index in [-0.39, 0.29) is 5.91 Å². The monoisotopic (exact) mass is 249 g/mol. The molecule has 3 rings (SSSR count). The number of hydrogen-bond acceptors (Lipinski definition) is 4. The standard InChI is InChI=1S/C12H19N5O/c1-15-11(10(13)7-14-15)12(18)17-6-5-16-4-2-3-9(16)8-17/h7,9H,2-6,8,13H2,1H3. The van der Waals surface area contributed by atoms with E-state index in [2.05, 4.69) is 10.00 Å². The third-order valence-electron chi connectivity index (χ3n) is 4.04. The maximum Gasteiger partial charge on any atom is 0.274 e. The lowest BCUT2D eigenvalue weighted by Gasteiger charge is -2.37. The quantitative estimate of drug-likeness (QED) is 0.756. The molecule has 3 heterocycles. The van der Waals surface area contributed by atoms with E-state index in [1.807, 2.05) is 4.90 Å². The predicted molar refractivity (Wildman–Crippen MR) is 68.1 cm³/mol. The fourth-order valence-electron chi connectivity index (χ4n) is 3.04. The lowest BCUT2D eigenvalue weighted by molar-refractivity contribution is 0.0562. The highest BCUT2D eigenvalue weighted by Crippen LogP contribution is 2.23. The Morgan fingerprint density at radius 3 is 3.00 bits per heavy atom. The molecule has 0 saturated carbocycles. The number of carbonyl (C=O) groups is 1. The van der Waals surface area contributed by atoms with Gasteiger partial charge >= 0.3 is 0 Å². The molecule has 1 aromatic heterocycles. The summed E-state index contributed by atoms with van der Waals surface area (Å²) in [5.74, 6) is 0.0130. The third kappa shape index (κ3) is 1.77. The Morgan fingerprint density at radius 1 is 1.44 bits per heavy atom. The van der Waals surface area contributed by atoms with E-state index >= 15 is 0 Å². The second kappa shape index (κ2) is 4.28. The molecule has 2 N–H and O–H groups in total. The van der Waals surface area contributed by atoms with Gasteiger partial charge in [-0.2, -0.15) is 5.10 Å². The Balaban J connectivity index is 1.77. The first kappa shape index (κ1) is 11.5. The number of nitrogens with two attached hydrogens (primary N) is 1. The first-order valence-corrected chi connectivity index (χ1v) is 6.47. The Morgan fingerprint density at radius 2 is 2.28 bits per heavy atom. The minimum atomic E-state index is 0.0130. The molecule has 6 nitrogen and oxygen atoms in total. The SMILES string of the molecule is Cn1ncc(N)c1C(=O)N1CCN2CCCC2C1. The minimum Gasteiger partial charge on any atom is -0.396 e. The zero-order valence-corrected chi connectivity index (χ0v) is 10.7. The summed E-state index contributed by atoms with van der Waals surface area (Å²) in [6.45, 7) is 3.78. The molecule has 6 heteroatoms. The Hall–Kier alpha value is -1.56. The van der Waals surface area contributed by atoms with Crippen LogP contribution in [0.25, 0.3) is 0 Å². The van der Waals surface area contributed by atoms with Crippen molar-refractivity contribution in [3.8, 4) is 0 Å². The topological polar surface area (TPSA) is 67.4 Å². The summed E-state index contributed by atoms with van der Waals surface area (Å²) >= 11 is 0. The van der Waals surface area contributed by atoms with Gasteiger partial charge in [0.05, 0.1) is 11.9 Å². The van der Waals surface area contributed by atoms with Crippen molar-refractivity contribution >= 4 is 11.6 Å². The van der Waals surface area contributed by atoms with Crippen LogP contribution in [-0.4, -0.2) is 57.7 Å². The van der Waals surface area contributed by atoms with Crippen molar-refractivity contribution in [2.75, 3.05) is 31.9 Å². The molecule has 2 fully saturated rings. The highest BCUT2D eigenvalue weighted by Gasteiger charge is 2.33. The van der Waals surface area contributed by atoms with E-state index in [0.29, 0.717) is 17.4 Å². The molecule has 0 radical (unpaired) electrons. The van der Waals surface area contributed by atoms with Gasteiger partial charge < -0.3 is 10.6 Å². The highest BCUT2D eigenvalue weighted by atomic mass is 16.2. The molecule has 0 aliphatic carbocycles. The fraction of sp³-hybridized carbons (Fsp3) is 0.667. The second-order valence-electron chi connectivity index (χ2n) is 5.16. The minimum absolute atomic E-state index is 0.0130. The summed E-state index contributed by atoms with van der Waals surface area (Å²) in [5.41, 5.74) is 6.80. The molecule has 2 saturated heterocycles. The summed E-state index contributed by atoms with van der Waals surface area (Å²) in [7, 11) is 1.76. The van der Waals surface area contributed by atoms with Crippen molar-refractivity contribution in [3.05, 3.63) is 11.9 Å². The van der Waals surface area contributed by atoms with Crippen LogP contribution in [0.15, 0.2) is 6.20 Å². The molecule has 0 bridgehead atoms. The van der Waals surface area contributed by atoms with Gasteiger partial charge in [0.2, 0.25) is 0 Å². The summed E-state index contributed by atoms with van der Waals surface area (Å²) in [6.07, 6.45) is 3.99. The van der Waals surface area contributed by atoms with Gasteiger partial charge in [0.15, 0.2) is 0 Å². The number of anilines is 1. The van der Waals surface area contributed by atoms with E-state index < -0.39 is 0 Å². The molecule has 0 aromatic carbocycles. The van der Waals surface area contributed by atoms with Gasteiger partial charge in [0, 0.05) is 32.7 Å². The molecular weight excluding hydrogens is 230 g/mol. The molecular formula is C12H19N5O. The van der Waals surface area contributed by atoms with Gasteiger partial charge in [0.25, 0.3) is 5.91 Å². The van der Waals surface area contributed by atoms with Crippen LogP contribution in [0.2, 0.25) is 0 Å². The summed E-state index contributed by atoms with van der Waals surface area (Å²) in [5, 5.41) is 4.03. The normalized spacial score (nSPS) is 24.3. The van der Waals surface area contributed by atoms with Crippen molar-refractivity contribution in [1.29, 1.82) is 0 Å². The number of piperazine rings is 1. The van der Waals surface area contributed by atoms with Crippen molar-refractivity contribution in [2.45, 2.75) is 18.9 Å². The predicted octanol–water partition coefficient (Wildman–Crippen LogP) is -0.0775. The molecule has 0 spiro atoms. The molecule has 18 heavy (non-hydrogen) atoms. The first-order chi connectivity index (χ1) is 8.66. The zero-order valence-electron chi connectivity index (χ0n) is 10.7. The molecule has 1 amide bonds. The lowest BCUT2D eigenvalue weighted by Crippen LogP contribution is -2.52. The molecule has 2 aliphatic heterocycles. The number of nitrogen functional groups attached to an aromatic ring is 1. The van der Waals surface area contributed by atoms with Crippen LogP contribution < -0.4 is 5.73 Å². The molecule has 1 atom stereocenters. The van der Waals surface area contributed by atoms with Crippen LogP contribution in [0.5, 0.6) is 0 Å². The van der Waals surface area contributed by atoms with Crippen LogP contribution >= 0.6 is 0 Å². The van der Waals surface area contributed by atoms with Gasteiger partial charge in [-0.25, -0.2) is 0 Å². The number of fused-ring (bicyclic) bond motifs is 1. The smallest absolute Gasteiger partial charge is 0.274 e. The summed E-state index contributed by atoms with van der Waals surface area (Å²) < 4.78 is 1.57. The maximum atomic E-state index is 12.5. The van der Waals surface area contributed by atoms with Gasteiger partial charge in [-0.15, -0.1) is 0 Å². The van der Waals surface area contributed by atoms with Crippen LogP contribution in [0.4, 0.5) is 5.69 Å². The number of nitrogens with zero attached hydrogens (tertiary/aromatic N) is 4. The number of aromatic nitrogens is 2. The molecule has 2 aliphatic rings. The maximum absolute atomic E-state index is 12.5. The van der Waals surface area contributed by atoms with E-state index in [1.54, 1.807) is 17.9 Å². The summed E-state index contributed by atoms with van der Waals surface area (Å²) in [6, 6.07) is 0.539. The van der Waals surface area contributed by atoms with Crippen molar-refractivity contribution < 1.29 is 4.79 Å². The van der Waals surface area contributed by atoms with Gasteiger partial charge in [-0.05, 0) is 19.4 Å². The van der Waals surface area contributed by atoms with Crippen molar-refractivity contribution in [2.24, 2.45) is 7.05 Å². The van der Waals surface area contributed by atoms with Crippen molar-refractivity contribution in [3.63, 3.8) is 0 Å². The van der Waals surface area contributed by atoms with E-state index in [9.17, 15) is 4.79 Å². The van der Waals surface area contributed by atoms with Crippen LogP contribution in [-0.2, 0) is 7.05 Å². The Labute approximate surface area is 106 Å². The highest BCUT2D eigenvalue weighted by molar-refractivity contribution is 5.97. The van der Waals surface area contributed by atoms with Gasteiger partial charge in [-0.1, -0.05) is 0 Å². The van der Waals surface area contributed by atoms with Gasteiger partial charge in [0.1, 0.15) is 5.69 Å². The van der Waals surface area contributed by atoms with E-state index in [1.165, 1.54) is 19.4 Å². The van der Waals surface area contributed by atoms with Crippen LogP contribution in [0.1, 0.15) is 23.3 Å². The number of amides is 1. The largest absolute Gasteiger partial charge is 0.396 e. The number of rotatable bonds is 1. The first-order valence-electron chi connectivity index (χ1n) is 6.47. The van der Waals surface area contributed by atoms with Crippen molar-refractivity contribution in [1.82, 2.24) is 19.6 Å². The fourth-order valence-corrected chi connectivity index (χ4v) is 3.04. The van der Waals surface area contributed by atoms with E-state index in [0.717, 1.165) is 19.6 Å². The average Bonchev–Trinajstić information content (AvgIpc) is 2.94. The zero-order chi connectivity index (χ0) is 12.7. The third-order valence-corrected chi connectivity index (χ3v) is 4.04. The second-order valence-corrected chi connectivity index (χ2v) is 5.16. The molecule has 1 aromatic rings. The Kier molecular flexibility index (Phi) is 2.74. The van der Waals surface area contributed by atoms with Crippen LogP contribution in [0.3, 0.4) is 0 Å². The van der Waals surface area contributed by atoms with Gasteiger partial charge in [-0.3, -0.25) is 14.4 Å². The molecule has 98 valence electrons. The lowest BCUT2D eigenvalue weighted by atomic mass is 10.1. The number of hydrogen-bond donors (Lipinski definition) is 1. The number of carbonyl (C=O) groups excluding carboxylic acids is 1. The number of aryl methyl sites for hydroxylation is 1. The van der Waals surface area contributed by atoms with Crippen LogP contribution in [0, 0.1) is 0 Å². The Bertz CT molecular complexity index is 450. The molecule has 1 unspecified atom stereocenters.